The van der Waals surface area contributed by atoms with Gasteiger partial charge in [-0.3, -0.25) is 10.1 Å². The van der Waals surface area contributed by atoms with Gasteiger partial charge in [0.15, 0.2) is 0 Å². The van der Waals surface area contributed by atoms with Gasteiger partial charge in [0, 0.05) is 13.7 Å². The molecule has 3 fully saturated rings. The van der Waals surface area contributed by atoms with Gasteiger partial charge in [-0.1, -0.05) is 25.7 Å². The van der Waals surface area contributed by atoms with E-state index in [1.165, 1.54) is 38.5 Å². The average molecular weight is 280 g/mol. The fourth-order valence-corrected chi connectivity index (χ4v) is 4.35. The summed E-state index contributed by atoms with van der Waals surface area (Å²) in [5.74, 6) is 0.985. The summed E-state index contributed by atoms with van der Waals surface area (Å²) < 4.78 is 5.40. The minimum absolute atomic E-state index is 0.112. The summed E-state index contributed by atoms with van der Waals surface area (Å²) in [7, 11) is 1.73. The highest BCUT2D eigenvalue weighted by molar-refractivity contribution is 5.89. The number of hydrogen-bond acceptors (Lipinski definition) is 3. The molecule has 1 saturated heterocycles. The fourth-order valence-electron chi connectivity index (χ4n) is 4.35. The first kappa shape index (κ1) is 14.3. The van der Waals surface area contributed by atoms with Crippen LogP contribution in [0.15, 0.2) is 0 Å². The average Bonchev–Trinajstić information content (AvgIpc) is 3.16. The van der Waals surface area contributed by atoms with Gasteiger partial charge in [0.25, 0.3) is 0 Å². The Balaban J connectivity index is 1.79. The Kier molecular flexibility index (Phi) is 4.04. The van der Waals surface area contributed by atoms with Crippen LogP contribution in [0, 0.1) is 5.92 Å². The lowest BCUT2D eigenvalue weighted by Crippen LogP contribution is -2.46. The van der Waals surface area contributed by atoms with Crippen LogP contribution >= 0.6 is 0 Å². The standard InChI is InChI=1S/C16H28N2O2/c1-12(20-2)11-18-14(13-7-3-4-8-13)17-16(15(18)19)9-5-6-10-16/h12-14,17H,3-11H2,1-2H3. The van der Waals surface area contributed by atoms with E-state index in [4.69, 9.17) is 4.74 Å². The molecule has 1 heterocycles. The van der Waals surface area contributed by atoms with Crippen molar-refractivity contribution in [2.45, 2.75) is 76.1 Å². The van der Waals surface area contributed by atoms with Gasteiger partial charge in [-0.05, 0) is 38.5 Å². The molecule has 4 heteroatoms. The zero-order chi connectivity index (χ0) is 14.2. The maximum Gasteiger partial charge on any atom is 0.244 e. The van der Waals surface area contributed by atoms with E-state index in [9.17, 15) is 4.79 Å². The number of carbonyl (C=O) groups is 1. The van der Waals surface area contributed by atoms with Gasteiger partial charge in [-0.2, -0.15) is 0 Å². The van der Waals surface area contributed by atoms with E-state index >= 15 is 0 Å². The lowest BCUT2D eigenvalue weighted by molar-refractivity contribution is -0.135. The van der Waals surface area contributed by atoms with Crippen LogP contribution in [-0.4, -0.2) is 42.3 Å². The zero-order valence-corrected chi connectivity index (χ0v) is 12.9. The number of hydrogen-bond donors (Lipinski definition) is 1. The van der Waals surface area contributed by atoms with Gasteiger partial charge < -0.3 is 9.64 Å². The second-order valence-corrected chi connectivity index (χ2v) is 6.93. The van der Waals surface area contributed by atoms with Gasteiger partial charge in [-0.15, -0.1) is 0 Å². The molecular formula is C16H28N2O2. The molecule has 0 radical (unpaired) electrons. The molecule has 0 aromatic heterocycles. The predicted molar refractivity (Wildman–Crippen MR) is 78.3 cm³/mol. The molecule has 114 valence electrons. The SMILES string of the molecule is COC(C)CN1C(=O)C2(CCCC2)NC1C1CCCC1. The van der Waals surface area contributed by atoms with Crippen molar-refractivity contribution >= 4 is 5.91 Å². The van der Waals surface area contributed by atoms with Crippen molar-refractivity contribution in [1.82, 2.24) is 10.2 Å². The van der Waals surface area contributed by atoms with E-state index in [2.05, 4.69) is 17.1 Å². The number of methoxy groups -OCH3 is 1. The van der Waals surface area contributed by atoms with Gasteiger partial charge in [0.2, 0.25) is 5.91 Å². The quantitative estimate of drug-likeness (QED) is 0.859. The lowest BCUT2D eigenvalue weighted by Gasteiger charge is -2.30. The van der Waals surface area contributed by atoms with E-state index in [0.29, 0.717) is 11.8 Å². The first-order chi connectivity index (χ1) is 9.66. The molecule has 1 aliphatic heterocycles. The summed E-state index contributed by atoms with van der Waals surface area (Å²) in [5.41, 5.74) is -0.235. The fraction of sp³-hybridized carbons (Fsp3) is 0.938. The number of ether oxygens (including phenoxy) is 1. The van der Waals surface area contributed by atoms with E-state index < -0.39 is 0 Å². The number of rotatable bonds is 4. The molecule has 1 N–H and O–H groups in total. The number of amides is 1. The first-order valence-corrected chi connectivity index (χ1v) is 8.28. The molecule has 2 aliphatic carbocycles. The zero-order valence-electron chi connectivity index (χ0n) is 12.9. The number of nitrogens with one attached hydrogen (secondary N) is 1. The molecule has 4 nitrogen and oxygen atoms in total. The van der Waals surface area contributed by atoms with Crippen molar-refractivity contribution < 1.29 is 9.53 Å². The van der Waals surface area contributed by atoms with Crippen LogP contribution in [0.3, 0.4) is 0 Å². The highest BCUT2D eigenvalue weighted by Gasteiger charge is 2.54. The topological polar surface area (TPSA) is 41.6 Å². The summed E-state index contributed by atoms with van der Waals surface area (Å²) in [5, 5.41) is 3.76. The summed E-state index contributed by atoms with van der Waals surface area (Å²) >= 11 is 0. The maximum absolute atomic E-state index is 13.0. The summed E-state index contributed by atoms with van der Waals surface area (Å²) in [6.07, 6.45) is 9.93. The molecule has 3 aliphatic rings. The number of nitrogens with zero attached hydrogens (tertiary/aromatic N) is 1. The molecule has 1 amide bonds. The van der Waals surface area contributed by atoms with Crippen LogP contribution in [0.4, 0.5) is 0 Å². The van der Waals surface area contributed by atoms with Gasteiger partial charge >= 0.3 is 0 Å². The van der Waals surface area contributed by atoms with E-state index in [1.54, 1.807) is 7.11 Å². The maximum atomic E-state index is 13.0. The first-order valence-electron chi connectivity index (χ1n) is 8.28. The molecular weight excluding hydrogens is 252 g/mol. The molecule has 20 heavy (non-hydrogen) atoms. The molecule has 3 rings (SSSR count). The van der Waals surface area contributed by atoms with Crippen molar-refractivity contribution in [3.05, 3.63) is 0 Å². The Bertz CT molecular complexity index is 359. The Labute approximate surface area is 122 Å². The Morgan fingerprint density at radius 1 is 1.30 bits per heavy atom. The smallest absolute Gasteiger partial charge is 0.244 e. The van der Waals surface area contributed by atoms with E-state index in [0.717, 1.165) is 19.4 Å². The monoisotopic (exact) mass is 280 g/mol. The van der Waals surface area contributed by atoms with Crippen molar-refractivity contribution in [3.63, 3.8) is 0 Å². The number of carbonyl (C=O) groups excluding carboxylic acids is 1. The lowest BCUT2D eigenvalue weighted by atomic mass is 9.97. The van der Waals surface area contributed by atoms with Crippen molar-refractivity contribution in [2.24, 2.45) is 5.92 Å². The molecule has 2 saturated carbocycles. The van der Waals surface area contributed by atoms with Crippen molar-refractivity contribution in [2.75, 3.05) is 13.7 Å². The van der Waals surface area contributed by atoms with Gasteiger partial charge in [-0.25, -0.2) is 0 Å². The predicted octanol–water partition coefficient (Wildman–Crippen LogP) is 2.28. The Morgan fingerprint density at radius 2 is 1.95 bits per heavy atom. The largest absolute Gasteiger partial charge is 0.380 e. The second kappa shape index (κ2) is 5.64. The molecule has 0 aromatic rings. The van der Waals surface area contributed by atoms with Crippen LogP contribution in [0.1, 0.15) is 58.3 Å². The Morgan fingerprint density at radius 3 is 2.55 bits per heavy atom. The molecule has 0 bridgehead atoms. The summed E-state index contributed by atoms with van der Waals surface area (Å²) in [6.45, 7) is 2.78. The molecule has 2 unspecified atom stereocenters. The third-order valence-corrected chi connectivity index (χ3v) is 5.59. The van der Waals surface area contributed by atoms with Crippen LogP contribution in [0.5, 0.6) is 0 Å². The van der Waals surface area contributed by atoms with Crippen molar-refractivity contribution in [1.29, 1.82) is 0 Å². The van der Waals surface area contributed by atoms with E-state index in [1.807, 2.05) is 0 Å². The van der Waals surface area contributed by atoms with Crippen LogP contribution in [0.25, 0.3) is 0 Å². The Hall–Kier alpha value is -0.610. The second-order valence-electron chi connectivity index (χ2n) is 6.93. The molecule has 2 atom stereocenters. The minimum atomic E-state index is -0.235. The minimum Gasteiger partial charge on any atom is -0.380 e. The third-order valence-electron chi connectivity index (χ3n) is 5.59. The van der Waals surface area contributed by atoms with Crippen LogP contribution in [0.2, 0.25) is 0 Å². The van der Waals surface area contributed by atoms with Gasteiger partial charge in [0.05, 0.1) is 17.8 Å². The molecule has 1 spiro atoms. The van der Waals surface area contributed by atoms with E-state index in [-0.39, 0.29) is 17.8 Å². The summed E-state index contributed by atoms with van der Waals surface area (Å²) in [4.78, 5) is 15.1. The highest BCUT2D eigenvalue weighted by Crippen LogP contribution is 2.41. The van der Waals surface area contributed by atoms with Crippen LogP contribution < -0.4 is 5.32 Å². The van der Waals surface area contributed by atoms with Crippen LogP contribution in [-0.2, 0) is 9.53 Å². The van der Waals surface area contributed by atoms with Gasteiger partial charge in [0.1, 0.15) is 0 Å². The molecule has 0 aromatic carbocycles. The summed E-state index contributed by atoms with van der Waals surface area (Å²) in [6, 6.07) is 0. The third kappa shape index (κ3) is 2.37. The highest BCUT2D eigenvalue weighted by atomic mass is 16.5. The normalized spacial score (nSPS) is 31.6. The van der Waals surface area contributed by atoms with Crippen molar-refractivity contribution in [3.8, 4) is 0 Å².